The molecule has 5 N–H and O–H groups in total. The summed E-state index contributed by atoms with van der Waals surface area (Å²) < 4.78 is 5.45. The molecule has 6 rings (SSSR count). The molecule has 0 bridgehead atoms. The van der Waals surface area contributed by atoms with Crippen molar-refractivity contribution in [3.63, 3.8) is 0 Å². The number of nitrogens with one attached hydrogen (secondary N) is 4. The van der Waals surface area contributed by atoms with Gasteiger partial charge >= 0.3 is 6.03 Å². The van der Waals surface area contributed by atoms with Crippen LogP contribution in [-0.2, 0) is 4.74 Å². The Balaban J connectivity index is 0.000000983. The minimum Gasteiger partial charge on any atom is -0.397 e. The van der Waals surface area contributed by atoms with Gasteiger partial charge in [-0.1, -0.05) is 0 Å². The predicted molar refractivity (Wildman–Crippen MR) is 147 cm³/mol. The second kappa shape index (κ2) is 12.1. The van der Waals surface area contributed by atoms with E-state index >= 15 is 0 Å². The monoisotopic (exact) mass is 528 g/mol. The molecule has 13 nitrogen and oxygen atoms in total. The lowest BCUT2D eigenvalue weighted by molar-refractivity contribution is 0.122. The summed E-state index contributed by atoms with van der Waals surface area (Å²) in [6, 6.07) is 12.5. The number of fused-ring (bicyclic) bond motifs is 1. The lowest BCUT2D eigenvalue weighted by Gasteiger charge is -2.27. The highest BCUT2D eigenvalue weighted by Gasteiger charge is 2.18. The van der Waals surface area contributed by atoms with Crippen LogP contribution in [0, 0.1) is 0 Å². The van der Waals surface area contributed by atoms with E-state index in [1.807, 2.05) is 36.4 Å². The standard InChI is InChI=1S/C24H22N10O2.C2H6O/c35-24(29-19-13-18(32-33-19)15-5-7-25-8-6-15)28-17-3-1-16(2-4-17)21-30-20-22(31-21)26-14-27-23(20)34-9-11-36-12-10-34;1-2-3/h1-8,13-14H,9-12H2,(H,26,27,30,31)(H3,28,29,32,33,35);3H,2H2,1H3. The zero-order valence-corrected chi connectivity index (χ0v) is 21.3. The van der Waals surface area contributed by atoms with Crippen LogP contribution in [0.3, 0.4) is 0 Å². The average molecular weight is 529 g/mol. The summed E-state index contributed by atoms with van der Waals surface area (Å²) in [5.41, 5.74) is 4.60. The molecule has 0 spiro atoms. The number of hydrogen-bond donors (Lipinski definition) is 5. The number of anilines is 3. The van der Waals surface area contributed by atoms with Crippen LogP contribution in [0.2, 0.25) is 0 Å². The molecule has 0 radical (unpaired) electrons. The number of hydrogen-bond acceptors (Lipinski definition) is 9. The third-order valence-corrected chi connectivity index (χ3v) is 5.81. The van der Waals surface area contributed by atoms with Crippen LogP contribution in [0.4, 0.5) is 22.1 Å². The number of carbonyl (C=O) groups is 1. The summed E-state index contributed by atoms with van der Waals surface area (Å²) in [7, 11) is 0. The van der Waals surface area contributed by atoms with Gasteiger partial charge < -0.3 is 25.0 Å². The number of imidazole rings is 1. The predicted octanol–water partition coefficient (Wildman–Crippen LogP) is 3.28. The number of carbonyl (C=O) groups excluding carboxylic acids is 1. The highest BCUT2D eigenvalue weighted by Crippen LogP contribution is 2.26. The molecule has 0 aliphatic carbocycles. The van der Waals surface area contributed by atoms with E-state index in [4.69, 9.17) is 9.84 Å². The van der Waals surface area contributed by atoms with E-state index in [0.29, 0.717) is 36.2 Å². The van der Waals surface area contributed by atoms with Crippen molar-refractivity contribution in [1.82, 2.24) is 35.1 Å². The third kappa shape index (κ3) is 6.17. The number of ether oxygens (including phenoxy) is 1. The molecule has 39 heavy (non-hydrogen) atoms. The number of aromatic nitrogens is 7. The Kier molecular flexibility index (Phi) is 8.00. The Labute approximate surface area is 223 Å². The topological polar surface area (TPSA) is 170 Å². The molecule has 0 unspecified atom stereocenters. The van der Waals surface area contributed by atoms with Crippen LogP contribution in [-0.4, -0.2) is 79.2 Å². The number of rotatable bonds is 5. The number of aliphatic hydroxyl groups excluding tert-OH is 1. The summed E-state index contributed by atoms with van der Waals surface area (Å²) in [5.74, 6) is 1.91. The van der Waals surface area contributed by atoms with E-state index in [-0.39, 0.29) is 6.61 Å². The number of nitrogens with zero attached hydrogens (tertiary/aromatic N) is 6. The highest BCUT2D eigenvalue weighted by molar-refractivity contribution is 5.99. The summed E-state index contributed by atoms with van der Waals surface area (Å²) in [4.78, 5) is 35.4. The number of benzene rings is 1. The fraction of sp³-hybridized carbons (Fsp3) is 0.231. The first kappa shape index (κ1) is 25.8. The molecule has 4 aromatic heterocycles. The highest BCUT2D eigenvalue weighted by atomic mass is 16.5. The van der Waals surface area contributed by atoms with Crippen LogP contribution >= 0.6 is 0 Å². The zero-order valence-electron chi connectivity index (χ0n) is 21.3. The number of aromatic amines is 2. The van der Waals surface area contributed by atoms with Gasteiger partial charge in [0.05, 0.1) is 18.9 Å². The number of amides is 2. The van der Waals surface area contributed by atoms with Gasteiger partial charge in [0.15, 0.2) is 17.3 Å². The molecule has 1 saturated heterocycles. The first-order chi connectivity index (χ1) is 19.1. The van der Waals surface area contributed by atoms with Gasteiger partial charge in [0.1, 0.15) is 17.7 Å². The van der Waals surface area contributed by atoms with Gasteiger partial charge in [-0.25, -0.2) is 19.7 Å². The number of H-pyrrole nitrogens is 2. The molecular formula is C26H28N10O3. The van der Waals surface area contributed by atoms with Crippen LogP contribution in [0.1, 0.15) is 6.92 Å². The molecule has 1 aliphatic heterocycles. The minimum atomic E-state index is -0.398. The quantitative estimate of drug-likeness (QED) is 0.230. The summed E-state index contributed by atoms with van der Waals surface area (Å²) in [6.07, 6.45) is 4.92. The van der Waals surface area contributed by atoms with E-state index in [1.54, 1.807) is 25.4 Å². The summed E-state index contributed by atoms with van der Waals surface area (Å²) in [5, 5.41) is 20.1. The number of urea groups is 1. The maximum atomic E-state index is 12.5. The molecule has 5 aromatic rings. The number of aliphatic hydroxyl groups is 1. The van der Waals surface area contributed by atoms with Gasteiger partial charge in [-0.3, -0.25) is 15.4 Å². The fourth-order valence-electron chi connectivity index (χ4n) is 4.02. The van der Waals surface area contributed by atoms with Crippen molar-refractivity contribution in [1.29, 1.82) is 0 Å². The van der Waals surface area contributed by atoms with Crippen molar-refractivity contribution in [2.75, 3.05) is 48.4 Å². The van der Waals surface area contributed by atoms with E-state index in [0.717, 1.165) is 41.2 Å². The number of pyridine rings is 1. The second-order valence-electron chi connectivity index (χ2n) is 8.46. The minimum absolute atomic E-state index is 0.250. The van der Waals surface area contributed by atoms with Gasteiger partial charge in [-0.2, -0.15) is 5.10 Å². The smallest absolute Gasteiger partial charge is 0.324 e. The zero-order chi connectivity index (χ0) is 27.0. The first-order valence-electron chi connectivity index (χ1n) is 12.4. The normalized spacial score (nSPS) is 13.0. The maximum Gasteiger partial charge on any atom is 0.324 e. The van der Waals surface area contributed by atoms with Gasteiger partial charge in [0.2, 0.25) is 0 Å². The molecule has 13 heteroatoms. The Morgan fingerprint density at radius 1 is 1.05 bits per heavy atom. The lowest BCUT2D eigenvalue weighted by atomic mass is 10.2. The van der Waals surface area contributed by atoms with Gasteiger partial charge in [0, 0.05) is 55.0 Å². The number of morpholine rings is 1. The van der Waals surface area contributed by atoms with Crippen molar-refractivity contribution in [2.45, 2.75) is 6.92 Å². The van der Waals surface area contributed by atoms with Crippen molar-refractivity contribution < 1.29 is 14.6 Å². The van der Waals surface area contributed by atoms with Crippen LogP contribution < -0.4 is 15.5 Å². The molecule has 1 aliphatic rings. The van der Waals surface area contributed by atoms with Crippen LogP contribution in [0.15, 0.2) is 61.2 Å². The second-order valence-corrected chi connectivity index (χ2v) is 8.46. The van der Waals surface area contributed by atoms with Crippen molar-refractivity contribution in [2.24, 2.45) is 0 Å². The average Bonchev–Trinajstić information content (AvgIpc) is 3.62. The molecule has 1 aromatic carbocycles. The van der Waals surface area contributed by atoms with Gasteiger partial charge in [-0.15, -0.1) is 0 Å². The molecule has 2 amide bonds. The van der Waals surface area contributed by atoms with Gasteiger partial charge in [-0.05, 0) is 43.3 Å². The Bertz CT molecular complexity index is 1510. The molecule has 5 heterocycles. The van der Waals surface area contributed by atoms with Gasteiger partial charge in [0.25, 0.3) is 0 Å². The fourth-order valence-corrected chi connectivity index (χ4v) is 4.02. The SMILES string of the molecule is CCO.O=C(Nc1ccc(-c2nc3ncnc(N4CCOCC4)c3[nH]2)cc1)Nc1cc(-c2ccncc2)[nH]n1. The Hall–Kier alpha value is -4.88. The maximum absolute atomic E-state index is 12.5. The summed E-state index contributed by atoms with van der Waals surface area (Å²) >= 11 is 0. The molecule has 200 valence electrons. The Morgan fingerprint density at radius 2 is 1.79 bits per heavy atom. The third-order valence-electron chi connectivity index (χ3n) is 5.81. The van der Waals surface area contributed by atoms with E-state index in [9.17, 15) is 4.79 Å². The molecule has 1 fully saturated rings. The van der Waals surface area contributed by atoms with Crippen molar-refractivity contribution in [3.8, 4) is 22.6 Å². The Morgan fingerprint density at radius 3 is 2.54 bits per heavy atom. The van der Waals surface area contributed by atoms with Crippen LogP contribution in [0.5, 0.6) is 0 Å². The molecular weight excluding hydrogens is 500 g/mol. The van der Waals surface area contributed by atoms with E-state index in [1.165, 1.54) is 6.33 Å². The lowest BCUT2D eigenvalue weighted by Crippen LogP contribution is -2.36. The van der Waals surface area contributed by atoms with Crippen molar-refractivity contribution in [3.05, 3.63) is 61.2 Å². The van der Waals surface area contributed by atoms with E-state index in [2.05, 4.69) is 50.7 Å². The largest absolute Gasteiger partial charge is 0.397 e. The first-order valence-corrected chi connectivity index (χ1v) is 12.4. The molecule has 0 saturated carbocycles. The summed E-state index contributed by atoms with van der Waals surface area (Å²) in [6.45, 7) is 4.81. The van der Waals surface area contributed by atoms with Crippen molar-refractivity contribution >= 4 is 34.5 Å². The van der Waals surface area contributed by atoms with E-state index < -0.39 is 6.03 Å². The van der Waals surface area contributed by atoms with Crippen LogP contribution in [0.25, 0.3) is 33.8 Å². The molecule has 0 atom stereocenters.